The van der Waals surface area contributed by atoms with Gasteiger partial charge in [0.1, 0.15) is 5.70 Å². The van der Waals surface area contributed by atoms with Crippen molar-refractivity contribution in [2.75, 3.05) is 19.1 Å². The molecule has 1 aliphatic heterocycles. The highest BCUT2D eigenvalue weighted by atomic mass is 19.4. The first-order valence-corrected chi connectivity index (χ1v) is 8.17. The lowest BCUT2D eigenvalue weighted by Crippen LogP contribution is -2.28. The molecular weight excluding hydrogens is 420 g/mol. The molecule has 0 saturated heterocycles. The summed E-state index contributed by atoms with van der Waals surface area (Å²) in [4.78, 5) is 25.2. The maximum atomic E-state index is 13.4. The van der Waals surface area contributed by atoms with E-state index in [1.54, 1.807) is 0 Å². The zero-order valence-electron chi connectivity index (χ0n) is 15.8. The molecule has 0 saturated carbocycles. The number of anilines is 1. The van der Waals surface area contributed by atoms with Crippen LogP contribution in [-0.2, 0) is 31.4 Å². The van der Waals surface area contributed by atoms with Crippen molar-refractivity contribution in [1.82, 2.24) is 0 Å². The van der Waals surface area contributed by atoms with Gasteiger partial charge in [0.15, 0.2) is 0 Å². The van der Waals surface area contributed by atoms with Gasteiger partial charge in [-0.2, -0.15) is 26.3 Å². The SMILES string of the molecule is COC(=O)C1=C(C(=O)OC)N(c2cc(C(F)(F)F)cc(C(F)(F)F)c2C)C=CC=C1. The minimum absolute atomic E-state index is 0.0125. The van der Waals surface area contributed by atoms with Crippen molar-refractivity contribution in [1.29, 1.82) is 0 Å². The summed E-state index contributed by atoms with van der Waals surface area (Å²) in [5.74, 6) is -2.21. The van der Waals surface area contributed by atoms with E-state index in [0.29, 0.717) is 6.07 Å². The second kappa shape index (κ2) is 8.25. The van der Waals surface area contributed by atoms with Gasteiger partial charge in [0.25, 0.3) is 0 Å². The van der Waals surface area contributed by atoms with E-state index in [-0.39, 0.29) is 6.07 Å². The number of rotatable bonds is 3. The number of methoxy groups -OCH3 is 2. The normalized spacial score (nSPS) is 14.6. The van der Waals surface area contributed by atoms with Crippen molar-refractivity contribution in [3.05, 3.63) is 64.5 Å². The summed E-state index contributed by atoms with van der Waals surface area (Å²) in [5.41, 5.74) is -5.34. The van der Waals surface area contributed by atoms with Crippen LogP contribution in [0.3, 0.4) is 0 Å². The van der Waals surface area contributed by atoms with Crippen LogP contribution in [-0.4, -0.2) is 26.2 Å². The molecule has 5 nitrogen and oxygen atoms in total. The molecule has 0 fully saturated rings. The summed E-state index contributed by atoms with van der Waals surface area (Å²) < 4.78 is 89.4. The minimum atomic E-state index is -5.10. The van der Waals surface area contributed by atoms with Gasteiger partial charge in [-0.15, -0.1) is 0 Å². The van der Waals surface area contributed by atoms with Crippen molar-refractivity contribution in [3.63, 3.8) is 0 Å². The number of esters is 2. The summed E-state index contributed by atoms with van der Waals surface area (Å²) >= 11 is 0. The van der Waals surface area contributed by atoms with Crippen molar-refractivity contribution >= 4 is 17.6 Å². The number of carbonyl (C=O) groups is 2. The minimum Gasteiger partial charge on any atom is -0.465 e. The Bertz CT molecular complexity index is 957. The highest BCUT2D eigenvalue weighted by Crippen LogP contribution is 2.42. The third-order valence-electron chi connectivity index (χ3n) is 4.16. The van der Waals surface area contributed by atoms with Gasteiger partial charge in [0, 0.05) is 11.9 Å². The number of halogens is 6. The van der Waals surface area contributed by atoms with Gasteiger partial charge in [-0.3, -0.25) is 0 Å². The fourth-order valence-electron chi connectivity index (χ4n) is 2.76. The van der Waals surface area contributed by atoms with Crippen molar-refractivity contribution in [3.8, 4) is 0 Å². The first kappa shape index (κ1) is 23.0. The highest BCUT2D eigenvalue weighted by molar-refractivity contribution is 6.05. The molecule has 0 spiro atoms. The van der Waals surface area contributed by atoms with Crippen LogP contribution in [0.2, 0.25) is 0 Å². The molecule has 0 radical (unpaired) electrons. The number of allylic oxidation sites excluding steroid dienone is 2. The smallest absolute Gasteiger partial charge is 0.416 e. The first-order chi connectivity index (χ1) is 13.8. The molecule has 0 amide bonds. The number of hydrogen-bond acceptors (Lipinski definition) is 5. The Morgan fingerprint density at radius 1 is 0.900 bits per heavy atom. The Morgan fingerprint density at radius 3 is 2.00 bits per heavy atom. The van der Waals surface area contributed by atoms with E-state index in [2.05, 4.69) is 9.47 Å². The van der Waals surface area contributed by atoms with Gasteiger partial charge in [-0.25, -0.2) is 9.59 Å². The lowest BCUT2D eigenvalue weighted by atomic mass is 10.00. The molecule has 11 heteroatoms. The average molecular weight is 435 g/mol. The zero-order valence-corrected chi connectivity index (χ0v) is 15.8. The molecule has 1 aromatic carbocycles. The van der Waals surface area contributed by atoms with Gasteiger partial charge in [-0.05, 0) is 36.8 Å². The summed E-state index contributed by atoms with van der Waals surface area (Å²) in [7, 11) is 1.94. The summed E-state index contributed by atoms with van der Waals surface area (Å²) in [5, 5.41) is 0. The van der Waals surface area contributed by atoms with E-state index in [9.17, 15) is 35.9 Å². The third-order valence-corrected chi connectivity index (χ3v) is 4.16. The van der Waals surface area contributed by atoms with Gasteiger partial charge in [0.05, 0.1) is 30.9 Å². The fraction of sp³-hybridized carbons (Fsp3) is 0.263. The van der Waals surface area contributed by atoms with E-state index in [1.807, 2.05) is 0 Å². The third kappa shape index (κ3) is 4.50. The predicted molar refractivity (Wildman–Crippen MR) is 93.0 cm³/mol. The highest BCUT2D eigenvalue weighted by Gasteiger charge is 2.40. The molecular formula is C19H15F6NO4. The van der Waals surface area contributed by atoms with Crippen LogP contribution in [0.1, 0.15) is 16.7 Å². The van der Waals surface area contributed by atoms with Crippen molar-refractivity contribution in [2.24, 2.45) is 0 Å². The maximum Gasteiger partial charge on any atom is 0.416 e. The second-order valence-corrected chi connectivity index (χ2v) is 5.98. The Morgan fingerprint density at radius 2 is 1.50 bits per heavy atom. The van der Waals surface area contributed by atoms with E-state index < -0.39 is 57.9 Å². The summed E-state index contributed by atoms with van der Waals surface area (Å²) in [6, 6.07) is 0.444. The van der Waals surface area contributed by atoms with Crippen LogP contribution in [0.25, 0.3) is 0 Å². The zero-order chi connectivity index (χ0) is 22.9. The molecule has 0 bridgehead atoms. The number of benzene rings is 1. The number of alkyl halides is 6. The Hall–Kier alpha value is -3.24. The average Bonchev–Trinajstić information content (AvgIpc) is 2.87. The van der Waals surface area contributed by atoms with E-state index >= 15 is 0 Å². The molecule has 162 valence electrons. The summed E-state index contributed by atoms with van der Waals surface area (Å²) in [6.07, 6.45) is -5.54. The van der Waals surface area contributed by atoms with Crippen LogP contribution >= 0.6 is 0 Å². The number of carbonyl (C=O) groups excluding carboxylic acids is 2. The molecule has 0 atom stereocenters. The second-order valence-electron chi connectivity index (χ2n) is 5.98. The number of nitrogens with zero attached hydrogens (tertiary/aromatic N) is 1. The van der Waals surface area contributed by atoms with Gasteiger partial charge in [-0.1, -0.05) is 6.08 Å². The standard InChI is InChI=1S/C19H15F6NO4/c1-10-13(19(23,24)25)8-11(18(20,21)22)9-14(10)26-7-5-4-6-12(16(27)29-2)15(26)17(28)30-3/h4-9H,1-3H3. The van der Waals surface area contributed by atoms with Crippen LogP contribution in [0.5, 0.6) is 0 Å². The Balaban J connectivity index is 2.91. The largest absolute Gasteiger partial charge is 0.465 e. The van der Waals surface area contributed by atoms with E-state index in [4.69, 9.17) is 0 Å². The maximum absolute atomic E-state index is 13.4. The number of ether oxygens (including phenoxy) is 2. The number of hydrogen-bond donors (Lipinski definition) is 0. The van der Waals surface area contributed by atoms with Crippen LogP contribution in [0.4, 0.5) is 32.0 Å². The van der Waals surface area contributed by atoms with Crippen LogP contribution < -0.4 is 4.90 Å². The van der Waals surface area contributed by atoms with Gasteiger partial charge < -0.3 is 14.4 Å². The van der Waals surface area contributed by atoms with Crippen LogP contribution in [0, 0.1) is 6.92 Å². The molecule has 1 aliphatic rings. The lowest BCUT2D eigenvalue weighted by Gasteiger charge is -2.27. The fourth-order valence-corrected chi connectivity index (χ4v) is 2.76. The van der Waals surface area contributed by atoms with E-state index in [1.165, 1.54) is 12.2 Å². The van der Waals surface area contributed by atoms with E-state index in [0.717, 1.165) is 38.3 Å². The lowest BCUT2D eigenvalue weighted by molar-refractivity contribution is -0.143. The Labute approximate surface area is 166 Å². The summed E-state index contributed by atoms with van der Waals surface area (Å²) in [6.45, 7) is 0.956. The molecule has 2 rings (SSSR count). The molecule has 0 unspecified atom stereocenters. The molecule has 0 aromatic heterocycles. The molecule has 0 N–H and O–H groups in total. The van der Waals surface area contributed by atoms with Gasteiger partial charge >= 0.3 is 24.3 Å². The van der Waals surface area contributed by atoms with Gasteiger partial charge in [0.2, 0.25) is 0 Å². The molecule has 30 heavy (non-hydrogen) atoms. The quantitative estimate of drug-likeness (QED) is 0.516. The van der Waals surface area contributed by atoms with Crippen molar-refractivity contribution in [2.45, 2.75) is 19.3 Å². The topological polar surface area (TPSA) is 55.8 Å². The molecule has 1 heterocycles. The first-order valence-electron chi connectivity index (χ1n) is 8.17. The predicted octanol–water partition coefficient (Wildman–Crippen LogP) is 4.52. The molecule has 1 aromatic rings. The monoisotopic (exact) mass is 435 g/mol. The van der Waals surface area contributed by atoms with Crippen LogP contribution in [0.15, 0.2) is 47.8 Å². The molecule has 0 aliphatic carbocycles. The van der Waals surface area contributed by atoms with Crippen molar-refractivity contribution < 1.29 is 45.4 Å². The Kier molecular flexibility index (Phi) is 6.33.